The monoisotopic (exact) mass is 334 g/mol. The van der Waals surface area contributed by atoms with Gasteiger partial charge in [-0.25, -0.2) is 19.6 Å². The minimum atomic E-state index is -1.33. The third-order valence-corrected chi connectivity index (χ3v) is 13.8. The van der Waals surface area contributed by atoms with Gasteiger partial charge in [0.05, 0.1) is 20.2 Å². The topological polar surface area (TPSA) is 58.9 Å². The van der Waals surface area contributed by atoms with Gasteiger partial charge in [-0.2, -0.15) is 0 Å². The van der Waals surface area contributed by atoms with E-state index in [0.717, 1.165) is 36.8 Å². The lowest BCUT2D eigenvalue weighted by molar-refractivity contribution is 0.399. The minimum absolute atomic E-state index is 0.224. The molecule has 0 aromatic heterocycles. The van der Waals surface area contributed by atoms with Gasteiger partial charge in [-0.05, 0) is 36.8 Å². The van der Waals surface area contributed by atoms with Gasteiger partial charge in [0.25, 0.3) is 0 Å². The maximum atomic E-state index is 10.5. The van der Waals surface area contributed by atoms with Crippen LogP contribution >= 0.6 is 0 Å². The lowest BCUT2D eigenvalue weighted by Gasteiger charge is -2.48. The van der Waals surface area contributed by atoms with E-state index >= 15 is 0 Å². The minimum Gasteiger partial charge on any atom is -0.211 e. The van der Waals surface area contributed by atoms with Crippen molar-refractivity contribution in [3.05, 3.63) is 0 Å². The van der Waals surface area contributed by atoms with E-state index < -0.39 is 8.07 Å². The molecule has 0 aromatic rings. The molecular formula is C18H30N2O2Si. The van der Waals surface area contributed by atoms with Gasteiger partial charge >= 0.3 is 0 Å². The van der Waals surface area contributed by atoms with Crippen molar-refractivity contribution in [1.29, 1.82) is 0 Å². The molecule has 0 aliphatic heterocycles. The average molecular weight is 335 g/mol. The van der Waals surface area contributed by atoms with Crippen molar-refractivity contribution < 1.29 is 9.59 Å². The molecule has 2 saturated carbocycles. The molecule has 0 saturated heterocycles. The van der Waals surface area contributed by atoms with Crippen molar-refractivity contribution in [3.8, 4) is 0 Å². The molecule has 0 unspecified atom stereocenters. The number of hydrogen-bond donors (Lipinski definition) is 0. The van der Waals surface area contributed by atoms with Gasteiger partial charge in [-0.3, -0.25) is 0 Å². The van der Waals surface area contributed by atoms with Crippen molar-refractivity contribution >= 4 is 20.2 Å². The van der Waals surface area contributed by atoms with Crippen LogP contribution in [0.15, 0.2) is 9.98 Å². The smallest absolute Gasteiger partial charge is 0.211 e. The number of hydrogen-bond acceptors (Lipinski definition) is 4. The summed E-state index contributed by atoms with van der Waals surface area (Å²) in [6, 6.07) is 3.17. The summed E-state index contributed by atoms with van der Waals surface area (Å²) < 4.78 is 0. The molecule has 5 heteroatoms. The van der Waals surface area contributed by atoms with Gasteiger partial charge in [0, 0.05) is 0 Å². The third-order valence-electron chi connectivity index (χ3n) is 6.81. The zero-order chi connectivity index (χ0) is 16.7. The summed E-state index contributed by atoms with van der Waals surface area (Å²) in [5.41, 5.74) is 1.76. The van der Waals surface area contributed by atoms with Gasteiger partial charge in [0.15, 0.2) is 0 Å². The Morgan fingerprint density at radius 3 is 1.35 bits per heavy atom. The van der Waals surface area contributed by atoms with Crippen molar-refractivity contribution in [2.24, 2.45) is 9.98 Å². The second kappa shape index (κ2) is 8.72. The number of nitrogens with zero attached hydrogens (tertiary/aromatic N) is 2. The normalized spacial score (nSPS) is 31.7. The fraction of sp³-hybridized carbons (Fsp3) is 0.889. The highest BCUT2D eigenvalue weighted by Gasteiger charge is 2.46. The van der Waals surface area contributed by atoms with Crippen LogP contribution in [0.4, 0.5) is 0 Å². The first-order chi connectivity index (χ1) is 11.2. The number of rotatable bonds is 6. The summed E-state index contributed by atoms with van der Waals surface area (Å²) in [7, 11) is -1.33. The zero-order valence-electron chi connectivity index (χ0n) is 14.6. The summed E-state index contributed by atoms with van der Waals surface area (Å²) in [6.45, 7) is 4.81. The summed E-state index contributed by atoms with van der Waals surface area (Å²) in [5, 5.41) is 0. The Morgan fingerprint density at radius 2 is 1.09 bits per heavy atom. The van der Waals surface area contributed by atoms with Crippen LogP contribution in [-0.4, -0.2) is 32.3 Å². The molecular weight excluding hydrogens is 304 g/mol. The van der Waals surface area contributed by atoms with Gasteiger partial charge in [-0.1, -0.05) is 51.6 Å². The van der Waals surface area contributed by atoms with Gasteiger partial charge in [0.1, 0.15) is 0 Å². The predicted octanol–water partition coefficient (Wildman–Crippen LogP) is 4.77. The fourth-order valence-corrected chi connectivity index (χ4v) is 11.9. The fourth-order valence-electron chi connectivity index (χ4n) is 5.45. The number of aliphatic imine (C=N–C) groups is 2. The number of carbonyl (C=O) groups excluding carboxylic acids is 2. The third kappa shape index (κ3) is 4.09. The van der Waals surface area contributed by atoms with E-state index in [0.29, 0.717) is 0 Å². The van der Waals surface area contributed by atoms with E-state index in [-0.39, 0.29) is 12.1 Å². The molecule has 0 bridgehead atoms. The standard InChI is InChI=1S/C18H30N2O2Si/c1-3-23(4-2,17-9-5-15(6-10-17)19-13-21)18-11-7-16(8-12-18)20-14-22/h15-18H,3-12H2,1-2H3. The molecule has 2 rings (SSSR count). The van der Waals surface area contributed by atoms with Crippen molar-refractivity contribution in [2.75, 3.05) is 0 Å². The van der Waals surface area contributed by atoms with Crippen LogP contribution in [0.25, 0.3) is 0 Å². The molecule has 4 nitrogen and oxygen atoms in total. The lowest BCUT2D eigenvalue weighted by Crippen LogP contribution is -2.46. The van der Waals surface area contributed by atoms with E-state index in [9.17, 15) is 9.59 Å². The van der Waals surface area contributed by atoms with Crippen molar-refractivity contribution in [3.63, 3.8) is 0 Å². The van der Waals surface area contributed by atoms with Crippen LogP contribution in [0.2, 0.25) is 23.2 Å². The second-order valence-electron chi connectivity index (χ2n) is 7.39. The average Bonchev–Trinajstić information content (AvgIpc) is 2.60. The Labute approximate surface area is 140 Å². The first-order valence-electron chi connectivity index (χ1n) is 9.34. The second-order valence-corrected chi connectivity index (χ2v) is 12.9. The van der Waals surface area contributed by atoms with Crippen LogP contribution in [0.3, 0.4) is 0 Å². The molecule has 2 aliphatic carbocycles. The summed E-state index contributed by atoms with van der Waals surface area (Å²) >= 11 is 0. The van der Waals surface area contributed by atoms with E-state index in [4.69, 9.17) is 0 Å². The molecule has 0 N–H and O–H groups in total. The maximum absolute atomic E-state index is 10.5. The molecule has 0 amide bonds. The van der Waals surface area contributed by atoms with Crippen LogP contribution < -0.4 is 0 Å². The van der Waals surface area contributed by atoms with Crippen LogP contribution in [-0.2, 0) is 9.59 Å². The maximum Gasteiger partial charge on any atom is 0.235 e. The highest BCUT2D eigenvalue weighted by Crippen LogP contribution is 2.52. The number of isocyanates is 2. The predicted molar refractivity (Wildman–Crippen MR) is 95.0 cm³/mol. The Kier molecular flexibility index (Phi) is 6.95. The van der Waals surface area contributed by atoms with Crippen LogP contribution in [0.5, 0.6) is 0 Å². The van der Waals surface area contributed by atoms with E-state index in [1.54, 1.807) is 12.2 Å². The largest absolute Gasteiger partial charge is 0.235 e. The van der Waals surface area contributed by atoms with Crippen LogP contribution in [0, 0.1) is 0 Å². The Bertz CT molecular complexity index is 423. The van der Waals surface area contributed by atoms with E-state index in [2.05, 4.69) is 23.8 Å². The summed E-state index contributed by atoms with van der Waals surface area (Å²) in [6.07, 6.45) is 12.7. The van der Waals surface area contributed by atoms with Gasteiger partial charge < -0.3 is 0 Å². The molecule has 2 aliphatic rings. The molecule has 0 atom stereocenters. The molecule has 23 heavy (non-hydrogen) atoms. The molecule has 0 radical (unpaired) electrons. The highest BCUT2D eigenvalue weighted by atomic mass is 28.3. The van der Waals surface area contributed by atoms with Crippen molar-refractivity contribution in [2.45, 2.75) is 100 Å². The van der Waals surface area contributed by atoms with Crippen LogP contribution in [0.1, 0.15) is 65.2 Å². The first-order valence-corrected chi connectivity index (χ1v) is 11.9. The Morgan fingerprint density at radius 1 is 0.739 bits per heavy atom. The molecule has 0 spiro atoms. The Balaban J connectivity index is 2.04. The molecule has 0 heterocycles. The van der Waals surface area contributed by atoms with Crippen molar-refractivity contribution in [1.82, 2.24) is 0 Å². The summed E-state index contributed by atoms with van der Waals surface area (Å²) in [5.74, 6) is 0. The SMILES string of the molecule is CC[Si](CC)(C1CCC(N=C=O)CC1)C1CCC(N=C=O)CC1. The molecule has 128 valence electrons. The van der Waals surface area contributed by atoms with E-state index in [1.807, 2.05) is 0 Å². The Hall–Kier alpha value is -1.02. The zero-order valence-corrected chi connectivity index (χ0v) is 15.6. The lowest BCUT2D eigenvalue weighted by atomic mass is 9.94. The van der Waals surface area contributed by atoms with E-state index in [1.165, 1.54) is 37.8 Å². The summed E-state index contributed by atoms with van der Waals surface area (Å²) in [4.78, 5) is 28.9. The highest BCUT2D eigenvalue weighted by molar-refractivity contribution is 6.82. The quantitative estimate of drug-likeness (QED) is 0.399. The van der Waals surface area contributed by atoms with Gasteiger partial charge in [0.2, 0.25) is 12.2 Å². The van der Waals surface area contributed by atoms with Gasteiger partial charge in [-0.15, -0.1) is 0 Å². The molecule has 2 fully saturated rings. The molecule has 0 aromatic carbocycles. The first kappa shape index (κ1) is 18.3.